The fourth-order valence-corrected chi connectivity index (χ4v) is 1.58. The van der Waals surface area contributed by atoms with E-state index >= 15 is 0 Å². The summed E-state index contributed by atoms with van der Waals surface area (Å²) in [5.74, 6) is 0.325. The standard InChI is InChI=1S/C12H17N5O/c1-12(2,11(13)18)6-15-10-9-8(4-5-14-10)17(3)7-16-9/h4-5,7H,6H2,1-3H3,(H2,13,18)(H,14,15). The molecule has 0 saturated heterocycles. The minimum Gasteiger partial charge on any atom is -0.369 e. The summed E-state index contributed by atoms with van der Waals surface area (Å²) in [4.78, 5) is 19.8. The summed E-state index contributed by atoms with van der Waals surface area (Å²) in [6, 6.07) is 1.90. The highest BCUT2D eigenvalue weighted by atomic mass is 16.1. The van der Waals surface area contributed by atoms with Crippen molar-refractivity contribution in [2.45, 2.75) is 13.8 Å². The Bertz CT molecular complexity index is 587. The van der Waals surface area contributed by atoms with Crippen molar-refractivity contribution in [1.82, 2.24) is 14.5 Å². The zero-order valence-corrected chi connectivity index (χ0v) is 10.8. The summed E-state index contributed by atoms with van der Waals surface area (Å²) >= 11 is 0. The van der Waals surface area contributed by atoms with E-state index < -0.39 is 5.41 Å². The Kier molecular flexibility index (Phi) is 2.94. The summed E-state index contributed by atoms with van der Waals surface area (Å²) in [7, 11) is 1.92. The molecular weight excluding hydrogens is 230 g/mol. The predicted molar refractivity (Wildman–Crippen MR) is 70.0 cm³/mol. The average molecular weight is 247 g/mol. The summed E-state index contributed by atoms with van der Waals surface area (Å²) < 4.78 is 1.92. The molecule has 0 saturated carbocycles. The lowest BCUT2D eigenvalue weighted by Gasteiger charge is -2.21. The number of carbonyl (C=O) groups is 1. The van der Waals surface area contributed by atoms with E-state index in [1.165, 1.54) is 0 Å². The fraction of sp³-hybridized carbons (Fsp3) is 0.417. The van der Waals surface area contributed by atoms with Crippen LogP contribution in [0.3, 0.4) is 0 Å². The van der Waals surface area contributed by atoms with E-state index in [1.807, 2.05) is 17.7 Å². The van der Waals surface area contributed by atoms with E-state index in [0.29, 0.717) is 12.4 Å². The molecule has 0 aromatic carbocycles. The van der Waals surface area contributed by atoms with Gasteiger partial charge in [0.1, 0.15) is 5.52 Å². The highest BCUT2D eigenvalue weighted by Gasteiger charge is 2.25. The van der Waals surface area contributed by atoms with Crippen molar-refractivity contribution in [3.8, 4) is 0 Å². The van der Waals surface area contributed by atoms with Crippen molar-refractivity contribution in [2.75, 3.05) is 11.9 Å². The average Bonchev–Trinajstić information content (AvgIpc) is 2.69. The van der Waals surface area contributed by atoms with Gasteiger partial charge < -0.3 is 15.6 Å². The van der Waals surface area contributed by atoms with Gasteiger partial charge >= 0.3 is 0 Å². The van der Waals surface area contributed by atoms with Crippen LogP contribution in [0, 0.1) is 5.41 Å². The van der Waals surface area contributed by atoms with Gasteiger partial charge in [-0.25, -0.2) is 9.97 Å². The van der Waals surface area contributed by atoms with Crippen molar-refractivity contribution in [1.29, 1.82) is 0 Å². The number of imidazole rings is 1. The van der Waals surface area contributed by atoms with Crippen LogP contribution in [-0.4, -0.2) is 27.0 Å². The molecular formula is C12H17N5O. The predicted octanol–water partition coefficient (Wildman–Crippen LogP) is 0.892. The molecule has 0 aliphatic rings. The van der Waals surface area contributed by atoms with E-state index in [9.17, 15) is 4.79 Å². The molecule has 2 heterocycles. The minimum absolute atomic E-state index is 0.344. The van der Waals surface area contributed by atoms with E-state index in [-0.39, 0.29) is 5.91 Å². The topological polar surface area (TPSA) is 85.8 Å². The van der Waals surface area contributed by atoms with Gasteiger partial charge in [0.15, 0.2) is 5.82 Å². The Balaban J connectivity index is 2.25. The molecule has 96 valence electrons. The van der Waals surface area contributed by atoms with Crippen molar-refractivity contribution in [3.63, 3.8) is 0 Å². The molecule has 0 fully saturated rings. The van der Waals surface area contributed by atoms with Gasteiger partial charge in [0.05, 0.1) is 17.3 Å². The SMILES string of the molecule is Cn1cnc2c(NCC(C)(C)C(N)=O)nccc21. The Labute approximate surface area is 105 Å². The third-order valence-electron chi connectivity index (χ3n) is 3.01. The van der Waals surface area contributed by atoms with Crippen LogP contribution < -0.4 is 11.1 Å². The number of rotatable bonds is 4. The second-order valence-corrected chi connectivity index (χ2v) is 4.98. The number of carbonyl (C=O) groups excluding carboxylic acids is 1. The van der Waals surface area contributed by atoms with E-state index in [4.69, 9.17) is 5.73 Å². The van der Waals surface area contributed by atoms with Crippen molar-refractivity contribution in [2.24, 2.45) is 18.2 Å². The number of primary amides is 1. The zero-order valence-electron chi connectivity index (χ0n) is 10.8. The van der Waals surface area contributed by atoms with Gasteiger partial charge in [-0.3, -0.25) is 4.79 Å². The molecule has 1 amide bonds. The van der Waals surface area contributed by atoms with Crippen LogP contribution in [0.1, 0.15) is 13.8 Å². The number of aromatic nitrogens is 3. The van der Waals surface area contributed by atoms with Gasteiger partial charge in [-0.05, 0) is 19.9 Å². The maximum Gasteiger partial charge on any atom is 0.224 e. The minimum atomic E-state index is -0.626. The first-order valence-corrected chi connectivity index (χ1v) is 5.71. The lowest BCUT2D eigenvalue weighted by atomic mass is 9.93. The van der Waals surface area contributed by atoms with E-state index in [2.05, 4.69) is 15.3 Å². The van der Waals surface area contributed by atoms with Gasteiger partial charge in [0.25, 0.3) is 0 Å². The normalized spacial score (nSPS) is 11.7. The number of fused-ring (bicyclic) bond motifs is 1. The summed E-state index contributed by atoms with van der Waals surface area (Å²) in [5.41, 5.74) is 6.49. The molecule has 2 aromatic heterocycles. The third-order valence-corrected chi connectivity index (χ3v) is 3.01. The number of nitrogens with two attached hydrogens (primary N) is 1. The monoisotopic (exact) mass is 247 g/mol. The van der Waals surface area contributed by atoms with Gasteiger partial charge in [-0.2, -0.15) is 0 Å². The smallest absolute Gasteiger partial charge is 0.224 e. The lowest BCUT2D eigenvalue weighted by Crippen LogP contribution is -2.37. The Morgan fingerprint density at radius 3 is 2.89 bits per heavy atom. The highest BCUT2D eigenvalue weighted by Crippen LogP contribution is 2.21. The van der Waals surface area contributed by atoms with Crippen molar-refractivity contribution >= 4 is 22.8 Å². The first-order valence-electron chi connectivity index (χ1n) is 5.71. The molecule has 2 rings (SSSR count). The molecule has 0 unspecified atom stereocenters. The van der Waals surface area contributed by atoms with Crippen molar-refractivity contribution in [3.05, 3.63) is 18.6 Å². The molecule has 0 aliphatic carbocycles. The van der Waals surface area contributed by atoms with Crippen LogP contribution in [-0.2, 0) is 11.8 Å². The number of aryl methyl sites for hydroxylation is 1. The number of anilines is 1. The summed E-state index contributed by atoms with van der Waals surface area (Å²) in [6.45, 7) is 4.01. The first kappa shape index (κ1) is 12.3. The molecule has 2 aromatic rings. The van der Waals surface area contributed by atoms with E-state index in [1.54, 1.807) is 26.4 Å². The molecule has 18 heavy (non-hydrogen) atoms. The number of hydrogen-bond acceptors (Lipinski definition) is 4. The number of amides is 1. The van der Waals surface area contributed by atoms with Crippen LogP contribution in [0.25, 0.3) is 11.0 Å². The van der Waals surface area contributed by atoms with Crippen LogP contribution >= 0.6 is 0 Å². The van der Waals surface area contributed by atoms with Gasteiger partial charge in [-0.1, -0.05) is 0 Å². The molecule has 6 nitrogen and oxygen atoms in total. The molecule has 0 bridgehead atoms. The number of pyridine rings is 1. The summed E-state index contributed by atoms with van der Waals surface area (Å²) in [6.07, 6.45) is 3.44. The molecule has 0 aliphatic heterocycles. The molecule has 0 atom stereocenters. The zero-order chi connectivity index (χ0) is 13.3. The summed E-state index contributed by atoms with van der Waals surface area (Å²) in [5, 5.41) is 3.13. The van der Waals surface area contributed by atoms with Crippen LogP contribution in [0.15, 0.2) is 18.6 Å². The lowest BCUT2D eigenvalue weighted by molar-refractivity contribution is -0.125. The second kappa shape index (κ2) is 4.29. The first-order chi connectivity index (χ1) is 8.42. The Morgan fingerprint density at radius 2 is 2.22 bits per heavy atom. The van der Waals surface area contributed by atoms with Gasteiger partial charge in [-0.15, -0.1) is 0 Å². The maximum atomic E-state index is 11.3. The molecule has 6 heteroatoms. The van der Waals surface area contributed by atoms with Crippen LogP contribution in [0.4, 0.5) is 5.82 Å². The van der Waals surface area contributed by atoms with Crippen molar-refractivity contribution < 1.29 is 4.79 Å². The number of nitrogens with zero attached hydrogens (tertiary/aromatic N) is 3. The largest absolute Gasteiger partial charge is 0.369 e. The van der Waals surface area contributed by atoms with Gasteiger partial charge in [0.2, 0.25) is 5.91 Å². The Morgan fingerprint density at radius 1 is 1.50 bits per heavy atom. The molecule has 0 spiro atoms. The van der Waals surface area contributed by atoms with Gasteiger partial charge in [0, 0.05) is 19.8 Å². The Hall–Kier alpha value is -2.11. The highest BCUT2D eigenvalue weighted by molar-refractivity contribution is 5.86. The quantitative estimate of drug-likeness (QED) is 0.840. The van der Waals surface area contributed by atoms with Crippen LogP contribution in [0.5, 0.6) is 0 Å². The molecule has 3 N–H and O–H groups in total. The van der Waals surface area contributed by atoms with Crippen LogP contribution in [0.2, 0.25) is 0 Å². The fourth-order valence-electron chi connectivity index (χ4n) is 1.58. The molecule has 0 radical (unpaired) electrons. The van der Waals surface area contributed by atoms with E-state index in [0.717, 1.165) is 11.0 Å². The number of hydrogen-bond donors (Lipinski definition) is 2. The second-order valence-electron chi connectivity index (χ2n) is 4.98. The maximum absolute atomic E-state index is 11.3. The number of nitrogens with one attached hydrogen (secondary N) is 1. The third kappa shape index (κ3) is 2.13.